The highest BCUT2D eigenvalue weighted by Crippen LogP contribution is 2.18. The monoisotopic (exact) mass is 403 g/mol. The molecule has 158 valence electrons. The van der Waals surface area contributed by atoms with Crippen LogP contribution >= 0.6 is 0 Å². The van der Waals surface area contributed by atoms with E-state index in [4.69, 9.17) is 0 Å². The van der Waals surface area contributed by atoms with Crippen LogP contribution in [0.25, 0.3) is 0 Å². The van der Waals surface area contributed by atoms with Crippen LogP contribution in [0.15, 0.2) is 24.3 Å². The number of hydrogen-bond acceptors (Lipinski definition) is 3. The zero-order valence-corrected chi connectivity index (χ0v) is 16.9. The fourth-order valence-electron chi connectivity index (χ4n) is 4.04. The number of carbonyl (C=O) groups is 3. The van der Waals surface area contributed by atoms with Crippen LogP contribution in [0.2, 0.25) is 0 Å². The lowest BCUT2D eigenvalue weighted by Gasteiger charge is -2.32. The molecule has 2 heterocycles. The van der Waals surface area contributed by atoms with Gasteiger partial charge in [-0.2, -0.15) is 0 Å². The Morgan fingerprint density at radius 2 is 1.86 bits per heavy atom. The first-order valence-corrected chi connectivity index (χ1v) is 10.6. The van der Waals surface area contributed by atoms with Crippen molar-refractivity contribution in [1.29, 1.82) is 0 Å². The van der Waals surface area contributed by atoms with Gasteiger partial charge >= 0.3 is 0 Å². The zero-order chi connectivity index (χ0) is 20.6. The number of nitrogens with zero attached hydrogens (tertiary/aromatic N) is 2. The first-order chi connectivity index (χ1) is 14.0. The van der Waals surface area contributed by atoms with E-state index in [1.807, 2.05) is 4.90 Å². The minimum atomic E-state index is -0.321. The van der Waals surface area contributed by atoms with Gasteiger partial charge in [-0.1, -0.05) is 18.6 Å². The van der Waals surface area contributed by atoms with Crippen LogP contribution in [0.3, 0.4) is 0 Å². The van der Waals surface area contributed by atoms with Crippen molar-refractivity contribution in [1.82, 2.24) is 15.1 Å². The molecule has 0 radical (unpaired) electrons. The summed E-state index contributed by atoms with van der Waals surface area (Å²) >= 11 is 0. The summed E-state index contributed by atoms with van der Waals surface area (Å²) in [4.78, 5) is 40.7. The van der Waals surface area contributed by atoms with Gasteiger partial charge in [-0.05, 0) is 43.4 Å². The Kier molecular flexibility index (Phi) is 7.61. The second-order valence-electron chi connectivity index (χ2n) is 7.96. The molecule has 2 aliphatic heterocycles. The average Bonchev–Trinajstić information content (AvgIpc) is 2.94. The van der Waals surface area contributed by atoms with Crippen molar-refractivity contribution < 1.29 is 18.8 Å². The molecule has 3 rings (SSSR count). The highest BCUT2D eigenvalue weighted by Gasteiger charge is 2.28. The first-order valence-electron chi connectivity index (χ1n) is 10.6. The topological polar surface area (TPSA) is 69.7 Å². The molecule has 0 aliphatic carbocycles. The first kappa shape index (κ1) is 21.3. The van der Waals surface area contributed by atoms with Crippen molar-refractivity contribution >= 4 is 17.7 Å². The summed E-state index contributed by atoms with van der Waals surface area (Å²) in [5.74, 6) is -0.457. The van der Waals surface area contributed by atoms with E-state index in [2.05, 4.69) is 5.32 Å². The van der Waals surface area contributed by atoms with Crippen LogP contribution < -0.4 is 5.32 Å². The highest BCUT2D eigenvalue weighted by molar-refractivity contribution is 5.82. The van der Waals surface area contributed by atoms with Crippen LogP contribution in [0.5, 0.6) is 0 Å². The van der Waals surface area contributed by atoms with Gasteiger partial charge in [-0.3, -0.25) is 14.4 Å². The largest absolute Gasteiger partial charge is 0.354 e. The third-order valence-electron chi connectivity index (χ3n) is 5.77. The van der Waals surface area contributed by atoms with E-state index in [-0.39, 0.29) is 35.9 Å². The van der Waals surface area contributed by atoms with Gasteiger partial charge in [0.1, 0.15) is 5.82 Å². The van der Waals surface area contributed by atoms with Crippen molar-refractivity contribution in [2.45, 2.75) is 44.9 Å². The average molecular weight is 403 g/mol. The lowest BCUT2D eigenvalue weighted by Crippen LogP contribution is -2.47. The fourth-order valence-corrected chi connectivity index (χ4v) is 4.04. The molecule has 3 amide bonds. The van der Waals surface area contributed by atoms with E-state index >= 15 is 0 Å². The van der Waals surface area contributed by atoms with Crippen molar-refractivity contribution in [2.24, 2.45) is 5.92 Å². The van der Waals surface area contributed by atoms with E-state index in [1.54, 1.807) is 17.0 Å². The minimum absolute atomic E-state index is 0.0377. The lowest BCUT2D eigenvalue weighted by molar-refractivity contribution is -0.136. The Balaban J connectivity index is 1.44. The summed E-state index contributed by atoms with van der Waals surface area (Å²) in [5.41, 5.74) is 0.769. The maximum atomic E-state index is 13.0. The number of amides is 3. The minimum Gasteiger partial charge on any atom is -0.354 e. The molecule has 2 fully saturated rings. The summed E-state index contributed by atoms with van der Waals surface area (Å²) in [6.45, 7) is 2.82. The molecule has 1 N–H and O–H groups in total. The Hall–Kier alpha value is -2.44. The Morgan fingerprint density at radius 1 is 1.07 bits per heavy atom. The number of piperidine rings is 1. The predicted molar refractivity (Wildman–Crippen MR) is 107 cm³/mol. The second kappa shape index (κ2) is 10.4. The van der Waals surface area contributed by atoms with E-state index in [9.17, 15) is 18.8 Å². The summed E-state index contributed by atoms with van der Waals surface area (Å²) in [6, 6.07) is 5.94. The van der Waals surface area contributed by atoms with Crippen molar-refractivity contribution in [3.05, 3.63) is 35.6 Å². The maximum Gasteiger partial charge on any atom is 0.227 e. The quantitative estimate of drug-likeness (QED) is 0.791. The number of hydrogen-bond donors (Lipinski definition) is 1. The Bertz CT molecular complexity index is 723. The van der Waals surface area contributed by atoms with Gasteiger partial charge in [0.05, 0.1) is 12.3 Å². The molecular formula is C22H30FN3O3. The van der Waals surface area contributed by atoms with Gasteiger partial charge in [0.2, 0.25) is 17.7 Å². The molecule has 7 heteroatoms. The zero-order valence-electron chi connectivity index (χ0n) is 16.9. The molecular weight excluding hydrogens is 373 g/mol. The molecule has 0 aromatic heterocycles. The SMILES string of the molecule is O=C(NCCN1CCCCCC1=O)C1CCCN(C(=O)Cc2ccc(F)cc2)C1. The van der Waals surface area contributed by atoms with Crippen LogP contribution in [0.4, 0.5) is 4.39 Å². The molecule has 1 aromatic rings. The molecule has 0 spiro atoms. The Labute approximate surface area is 171 Å². The van der Waals surface area contributed by atoms with Crippen molar-refractivity contribution in [3.8, 4) is 0 Å². The normalized spacial score (nSPS) is 20.3. The van der Waals surface area contributed by atoms with Gasteiger partial charge in [0.15, 0.2) is 0 Å². The molecule has 0 bridgehead atoms. The van der Waals surface area contributed by atoms with Gasteiger partial charge in [0, 0.05) is 39.1 Å². The van der Waals surface area contributed by atoms with Crippen molar-refractivity contribution in [2.75, 3.05) is 32.7 Å². The van der Waals surface area contributed by atoms with Crippen LogP contribution in [-0.2, 0) is 20.8 Å². The highest BCUT2D eigenvalue weighted by atomic mass is 19.1. The van der Waals surface area contributed by atoms with E-state index < -0.39 is 0 Å². The lowest BCUT2D eigenvalue weighted by atomic mass is 9.96. The number of benzene rings is 1. The fraction of sp³-hybridized carbons (Fsp3) is 0.591. The molecule has 6 nitrogen and oxygen atoms in total. The van der Waals surface area contributed by atoms with E-state index in [1.165, 1.54) is 12.1 Å². The number of likely N-dealkylation sites (tertiary alicyclic amines) is 2. The van der Waals surface area contributed by atoms with Gasteiger partial charge in [-0.25, -0.2) is 4.39 Å². The number of nitrogens with one attached hydrogen (secondary N) is 1. The maximum absolute atomic E-state index is 13.0. The smallest absolute Gasteiger partial charge is 0.227 e. The van der Waals surface area contributed by atoms with Crippen LogP contribution in [-0.4, -0.2) is 60.2 Å². The summed E-state index contributed by atoms with van der Waals surface area (Å²) in [6.07, 6.45) is 5.41. The number of halogens is 1. The standard InChI is InChI=1S/C22H30FN3O3/c23-19-9-7-17(8-10-19)15-21(28)26-13-4-5-18(16-26)22(29)24-11-14-25-12-3-1-2-6-20(25)27/h7-10,18H,1-6,11-16H2,(H,24,29). The van der Waals surface area contributed by atoms with Crippen LogP contribution in [0.1, 0.15) is 44.1 Å². The molecule has 1 aromatic carbocycles. The van der Waals surface area contributed by atoms with E-state index in [0.29, 0.717) is 32.6 Å². The number of carbonyl (C=O) groups excluding carboxylic acids is 3. The second-order valence-corrected chi connectivity index (χ2v) is 7.96. The van der Waals surface area contributed by atoms with Crippen molar-refractivity contribution in [3.63, 3.8) is 0 Å². The van der Waals surface area contributed by atoms with Gasteiger partial charge in [0.25, 0.3) is 0 Å². The molecule has 1 atom stereocenters. The van der Waals surface area contributed by atoms with Crippen LogP contribution in [0, 0.1) is 11.7 Å². The van der Waals surface area contributed by atoms with E-state index in [0.717, 1.165) is 44.2 Å². The summed E-state index contributed by atoms with van der Waals surface area (Å²) in [7, 11) is 0. The summed E-state index contributed by atoms with van der Waals surface area (Å²) in [5, 5.41) is 2.94. The third-order valence-corrected chi connectivity index (χ3v) is 5.77. The van der Waals surface area contributed by atoms with Gasteiger partial charge < -0.3 is 15.1 Å². The third kappa shape index (κ3) is 6.27. The molecule has 29 heavy (non-hydrogen) atoms. The van der Waals surface area contributed by atoms with Gasteiger partial charge in [-0.15, -0.1) is 0 Å². The molecule has 2 aliphatic rings. The number of rotatable bonds is 6. The molecule has 2 saturated heterocycles. The molecule has 1 unspecified atom stereocenters. The predicted octanol–water partition coefficient (Wildman–Crippen LogP) is 2.13. The Morgan fingerprint density at radius 3 is 2.66 bits per heavy atom. The molecule has 0 saturated carbocycles. The summed E-state index contributed by atoms with van der Waals surface area (Å²) < 4.78 is 13.0.